The highest BCUT2D eigenvalue weighted by Gasteiger charge is 2.31. The number of carbonyl (C=O) groups is 1. The predicted molar refractivity (Wildman–Crippen MR) is 82.0 cm³/mol. The fourth-order valence-corrected chi connectivity index (χ4v) is 3.33. The quantitative estimate of drug-likeness (QED) is 0.854. The van der Waals surface area contributed by atoms with Crippen LogP contribution >= 0.6 is 0 Å². The molecule has 4 heteroatoms. The SMILES string of the molecule is O=C(OCc1ccccc1)N1CCCC1CN1CCCC1. The lowest BCUT2D eigenvalue weighted by Gasteiger charge is -2.27. The molecule has 0 aromatic heterocycles. The normalized spacial score (nSPS) is 22.7. The Morgan fingerprint density at radius 3 is 2.62 bits per heavy atom. The van der Waals surface area contributed by atoms with Crippen molar-refractivity contribution in [2.24, 2.45) is 0 Å². The molecule has 1 aromatic rings. The molecule has 2 heterocycles. The highest BCUT2D eigenvalue weighted by Crippen LogP contribution is 2.21. The average Bonchev–Trinajstić information content (AvgIpc) is 3.18. The first-order valence-corrected chi connectivity index (χ1v) is 8.02. The van der Waals surface area contributed by atoms with E-state index >= 15 is 0 Å². The lowest BCUT2D eigenvalue weighted by atomic mass is 10.2. The van der Waals surface area contributed by atoms with Crippen LogP contribution in [-0.4, -0.2) is 48.1 Å². The first-order valence-electron chi connectivity index (χ1n) is 8.02. The van der Waals surface area contributed by atoms with Gasteiger partial charge < -0.3 is 14.5 Å². The molecule has 4 nitrogen and oxygen atoms in total. The Morgan fingerprint density at radius 1 is 1.10 bits per heavy atom. The maximum Gasteiger partial charge on any atom is 0.410 e. The highest BCUT2D eigenvalue weighted by molar-refractivity contribution is 5.68. The van der Waals surface area contributed by atoms with Crippen molar-refractivity contribution in [3.8, 4) is 0 Å². The highest BCUT2D eigenvalue weighted by atomic mass is 16.6. The summed E-state index contributed by atoms with van der Waals surface area (Å²) in [5.41, 5.74) is 1.04. The molecule has 3 rings (SSSR count). The van der Waals surface area contributed by atoms with Crippen LogP contribution < -0.4 is 0 Å². The van der Waals surface area contributed by atoms with Gasteiger partial charge in [-0.05, 0) is 44.3 Å². The fourth-order valence-electron chi connectivity index (χ4n) is 3.33. The number of rotatable bonds is 4. The standard InChI is InChI=1S/C17H24N2O2/c20-17(21-14-15-7-2-1-3-8-15)19-12-6-9-16(19)13-18-10-4-5-11-18/h1-3,7-8,16H,4-6,9-14H2. The number of carbonyl (C=O) groups excluding carboxylic acids is 1. The molecule has 0 saturated carbocycles. The van der Waals surface area contributed by atoms with Crippen molar-refractivity contribution in [2.75, 3.05) is 26.2 Å². The van der Waals surface area contributed by atoms with E-state index < -0.39 is 0 Å². The van der Waals surface area contributed by atoms with Gasteiger partial charge in [0.25, 0.3) is 0 Å². The lowest BCUT2D eigenvalue weighted by molar-refractivity contribution is 0.0859. The van der Waals surface area contributed by atoms with Gasteiger partial charge in [0, 0.05) is 19.1 Å². The Bertz CT molecular complexity index is 457. The first kappa shape index (κ1) is 14.4. The maximum absolute atomic E-state index is 12.3. The molecule has 0 radical (unpaired) electrons. The van der Waals surface area contributed by atoms with Crippen LogP contribution in [0.15, 0.2) is 30.3 Å². The van der Waals surface area contributed by atoms with Crippen molar-refractivity contribution in [3.63, 3.8) is 0 Å². The molecule has 21 heavy (non-hydrogen) atoms. The van der Waals surface area contributed by atoms with Gasteiger partial charge in [0.2, 0.25) is 0 Å². The minimum Gasteiger partial charge on any atom is -0.445 e. The van der Waals surface area contributed by atoms with Gasteiger partial charge in [-0.1, -0.05) is 30.3 Å². The molecular formula is C17H24N2O2. The van der Waals surface area contributed by atoms with Crippen LogP contribution in [0, 0.1) is 0 Å². The largest absolute Gasteiger partial charge is 0.445 e. The summed E-state index contributed by atoms with van der Waals surface area (Å²) >= 11 is 0. The topological polar surface area (TPSA) is 32.8 Å². The molecule has 2 saturated heterocycles. The molecule has 0 aliphatic carbocycles. The van der Waals surface area contributed by atoms with E-state index in [4.69, 9.17) is 4.74 Å². The molecule has 1 aromatic carbocycles. The minimum atomic E-state index is -0.152. The molecular weight excluding hydrogens is 264 g/mol. The molecule has 0 spiro atoms. The number of nitrogens with zero attached hydrogens (tertiary/aromatic N) is 2. The zero-order valence-corrected chi connectivity index (χ0v) is 12.5. The van der Waals surface area contributed by atoms with Crippen molar-refractivity contribution in [3.05, 3.63) is 35.9 Å². The van der Waals surface area contributed by atoms with E-state index in [9.17, 15) is 4.79 Å². The second kappa shape index (κ2) is 6.94. The molecule has 0 bridgehead atoms. The minimum absolute atomic E-state index is 0.152. The van der Waals surface area contributed by atoms with Crippen molar-refractivity contribution < 1.29 is 9.53 Å². The van der Waals surface area contributed by atoms with Crippen LogP contribution in [0.4, 0.5) is 4.79 Å². The molecule has 2 aliphatic heterocycles. The predicted octanol–water partition coefficient (Wildman–Crippen LogP) is 2.88. The Kier molecular flexibility index (Phi) is 4.76. The number of benzene rings is 1. The van der Waals surface area contributed by atoms with E-state index in [0.29, 0.717) is 12.6 Å². The van der Waals surface area contributed by atoms with Gasteiger partial charge >= 0.3 is 6.09 Å². The summed E-state index contributed by atoms with van der Waals surface area (Å²) in [6.45, 7) is 4.59. The number of ether oxygens (including phenoxy) is 1. The third-order valence-corrected chi connectivity index (χ3v) is 4.48. The van der Waals surface area contributed by atoms with Gasteiger partial charge in [0.1, 0.15) is 6.61 Å². The fraction of sp³-hybridized carbons (Fsp3) is 0.588. The van der Waals surface area contributed by atoms with Crippen LogP contribution in [-0.2, 0) is 11.3 Å². The summed E-state index contributed by atoms with van der Waals surface area (Å²) in [7, 11) is 0. The summed E-state index contributed by atoms with van der Waals surface area (Å²) in [4.78, 5) is 16.7. The second-order valence-corrected chi connectivity index (χ2v) is 6.04. The number of likely N-dealkylation sites (tertiary alicyclic amines) is 2. The first-order chi connectivity index (χ1) is 10.3. The summed E-state index contributed by atoms with van der Waals surface area (Å²) in [6, 6.07) is 10.2. The lowest BCUT2D eigenvalue weighted by Crippen LogP contribution is -2.42. The van der Waals surface area contributed by atoms with E-state index in [-0.39, 0.29) is 6.09 Å². The van der Waals surface area contributed by atoms with Crippen LogP contribution in [0.5, 0.6) is 0 Å². The molecule has 1 atom stereocenters. The van der Waals surface area contributed by atoms with E-state index in [0.717, 1.165) is 31.5 Å². The average molecular weight is 288 g/mol. The summed E-state index contributed by atoms with van der Waals surface area (Å²) < 4.78 is 5.48. The molecule has 1 amide bonds. The van der Waals surface area contributed by atoms with Gasteiger partial charge in [-0.25, -0.2) is 4.79 Å². The zero-order chi connectivity index (χ0) is 14.5. The Labute approximate surface area is 126 Å². The van der Waals surface area contributed by atoms with Crippen LogP contribution in [0.25, 0.3) is 0 Å². The molecule has 2 aliphatic rings. The summed E-state index contributed by atoms with van der Waals surface area (Å²) in [5, 5.41) is 0. The van der Waals surface area contributed by atoms with Gasteiger partial charge in [-0.15, -0.1) is 0 Å². The number of hydrogen-bond donors (Lipinski definition) is 0. The van der Waals surface area contributed by atoms with Crippen molar-refractivity contribution >= 4 is 6.09 Å². The smallest absolute Gasteiger partial charge is 0.410 e. The van der Waals surface area contributed by atoms with E-state index in [1.807, 2.05) is 35.2 Å². The third-order valence-electron chi connectivity index (χ3n) is 4.48. The number of hydrogen-bond acceptors (Lipinski definition) is 3. The molecule has 1 unspecified atom stereocenters. The zero-order valence-electron chi connectivity index (χ0n) is 12.5. The maximum atomic E-state index is 12.3. The van der Waals surface area contributed by atoms with Gasteiger partial charge in [-0.2, -0.15) is 0 Å². The van der Waals surface area contributed by atoms with E-state index in [1.165, 1.54) is 25.9 Å². The van der Waals surface area contributed by atoms with Gasteiger partial charge in [0.05, 0.1) is 0 Å². The molecule has 0 N–H and O–H groups in total. The Balaban J connectivity index is 1.50. The third kappa shape index (κ3) is 3.76. The summed E-state index contributed by atoms with van der Waals surface area (Å²) in [6.07, 6.45) is 4.65. The van der Waals surface area contributed by atoms with E-state index in [2.05, 4.69) is 4.90 Å². The van der Waals surface area contributed by atoms with Crippen molar-refractivity contribution in [1.82, 2.24) is 9.80 Å². The molecule has 114 valence electrons. The van der Waals surface area contributed by atoms with Crippen LogP contribution in [0.2, 0.25) is 0 Å². The summed E-state index contributed by atoms with van der Waals surface area (Å²) in [5.74, 6) is 0. The van der Waals surface area contributed by atoms with Gasteiger partial charge in [-0.3, -0.25) is 0 Å². The Hall–Kier alpha value is -1.55. The second-order valence-electron chi connectivity index (χ2n) is 6.04. The van der Waals surface area contributed by atoms with Crippen LogP contribution in [0.3, 0.4) is 0 Å². The van der Waals surface area contributed by atoms with Gasteiger partial charge in [0.15, 0.2) is 0 Å². The number of amides is 1. The van der Waals surface area contributed by atoms with Crippen molar-refractivity contribution in [2.45, 2.75) is 38.3 Å². The van der Waals surface area contributed by atoms with Crippen LogP contribution in [0.1, 0.15) is 31.2 Å². The Morgan fingerprint density at radius 2 is 1.86 bits per heavy atom. The monoisotopic (exact) mass is 288 g/mol. The van der Waals surface area contributed by atoms with E-state index in [1.54, 1.807) is 0 Å². The van der Waals surface area contributed by atoms with Crippen molar-refractivity contribution in [1.29, 1.82) is 0 Å². The molecule has 2 fully saturated rings.